The third-order valence-corrected chi connectivity index (χ3v) is 10.2. The van der Waals surface area contributed by atoms with Crippen LogP contribution in [0.25, 0.3) is 0 Å². The van der Waals surface area contributed by atoms with Crippen LogP contribution < -0.4 is 10.2 Å². The van der Waals surface area contributed by atoms with Crippen molar-refractivity contribution in [3.05, 3.63) is 71.6 Å². The van der Waals surface area contributed by atoms with E-state index in [1.807, 2.05) is 15.9 Å². The number of urea groups is 1. The molecule has 8 nitrogen and oxygen atoms in total. The molecule has 3 amide bonds. The summed E-state index contributed by atoms with van der Waals surface area (Å²) < 4.78 is 38.3. The lowest BCUT2D eigenvalue weighted by Gasteiger charge is -2.45. The normalized spacial score (nSPS) is 21.5. The molecule has 0 spiro atoms. The van der Waals surface area contributed by atoms with Gasteiger partial charge >= 0.3 is 6.03 Å². The van der Waals surface area contributed by atoms with Crippen LogP contribution in [0, 0.1) is 11.2 Å². The molecule has 2 fully saturated rings. The van der Waals surface area contributed by atoms with Gasteiger partial charge in [0.15, 0.2) is 9.84 Å². The Balaban J connectivity index is 1.21. The van der Waals surface area contributed by atoms with Gasteiger partial charge in [0.25, 0.3) is 0 Å². The van der Waals surface area contributed by atoms with Gasteiger partial charge in [-0.05, 0) is 69.2 Å². The number of carbonyl (C=O) groups is 2. The minimum Gasteiger partial charge on any atom is -0.366 e. The molecular formula is C32H41FN4O4S. The molecule has 0 saturated carbocycles. The maximum absolute atomic E-state index is 14.7. The number of halogens is 1. The lowest BCUT2D eigenvalue weighted by molar-refractivity contribution is -0.131. The number of amides is 3. The summed E-state index contributed by atoms with van der Waals surface area (Å²) in [4.78, 5) is 32.9. The number of nitrogens with zero attached hydrogens (tertiary/aromatic N) is 3. The summed E-state index contributed by atoms with van der Waals surface area (Å²) in [5.74, 6) is -0.530. The summed E-state index contributed by atoms with van der Waals surface area (Å²) in [7, 11) is -3.49. The van der Waals surface area contributed by atoms with Gasteiger partial charge in [-0.25, -0.2) is 17.6 Å². The number of allylic oxidation sites excluding steroid dienone is 6. The van der Waals surface area contributed by atoms with Crippen molar-refractivity contribution in [1.82, 2.24) is 15.1 Å². The molecule has 0 bridgehead atoms. The number of piperidine rings is 1. The van der Waals surface area contributed by atoms with E-state index in [-0.39, 0.29) is 22.9 Å². The molecule has 1 N–H and O–H groups in total. The van der Waals surface area contributed by atoms with E-state index in [0.29, 0.717) is 57.8 Å². The minimum absolute atomic E-state index is 0.0394. The van der Waals surface area contributed by atoms with Crippen molar-refractivity contribution in [2.45, 2.75) is 56.4 Å². The molecule has 2 heterocycles. The molecule has 2 aliphatic carbocycles. The molecule has 0 radical (unpaired) electrons. The quantitative estimate of drug-likeness (QED) is 0.518. The molecule has 5 rings (SSSR count). The number of carbonyl (C=O) groups excluding carboxylic acids is 2. The first-order valence-corrected chi connectivity index (χ1v) is 16.8. The summed E-state index contributed by atoms with van der Waals surface area (Å²) in [5.41, 5.74) is 2.09. The maximum Gasteiger partial charge on any atom is 0.320 e. The number of benzene rings is 1. The van der Waals surface area contributed by atoms with Crippen molar-refractivity contribution < 1.29 is 22.4 Å². The summed E-state index contributed by atoms with van der Waals surface area (Å²) in [5, 5.41) is 3.31. The second kappa shape index (κ2) is 12.5. The van der Waals surface area contributed by atoms with E-state index in [0.717, 1.165) is 43.6 Å². The topological polar surface area (TPSA) is 90.0 Å². The number of nitrogens with one attached hydrogen (secondary N) is 1. The number of piperazine rings is 1. The molecule has 0 aromatic heterocycles. The van der Waals surface area contributed by atoms with Gasteiger partial charge in [0.2, 0.25) is 5.91 Å². The second-order valence-corrected chi connectivity index (χ2v) is 13.8. The van der Waals surface area contributed by atoms with Gasteiger partial charge in [0, 0.05) is 51.6 Å². The van der Waals surface area contributed by atoms with Crippen molar-refractivity contribution in [2.24, 2.45) is 5.41 Å². The van der Waals surface area contributed by atoms with E-state index in [1.165, 1.54) is 17.7 Å². The Bertz CT molecular complexity index is 1430. The fraction of sp³-hybridized carbons (Fsp3) is 0.500. The van der Waals surface area contributed by atoms with Crippen molar-refractivity contribution in [3.63, 3.8) is 0 Å². The van der Waals surface area contributed by atoms with Crippen LogP contribution in [0.1, 0.15) is 45.4 Å². The van der Waals surface area contributed by atoms with Crippen LogP contribution in [0.2, 0.25) is 0 Å². The van der Waals surface area contributed by atoms with Crippen molar-refractivity contribution in [2.75, 3.05) is 50.4 Å². The Morgan fingerprint density at radius 2 is 1.57 bits per heavy atom. The van der Waals surface area contributed by atoms with Crippen LogP contribution in [-0.4, -0.2) is 81.7 Å². The van der Waals surface area contributed by atoms with Gasteiger partial charge in [-0.3, -0.25) is 4.79 Å². The second-order valence-electron chi connectivity index (χ2n) is 11.8. The predicted octanol–water partition coefficient (Wildman–Crippen LogP) is 4.61. The molecule has 10 heteroatoms. The first-order chi connectivity index (χ1) is 20.1. The van der Waals surface area contributed by atoms with Crippen LogP contribution >= 0.6 is 0 Å². The van der Waals surface area contributed by atoms with Gasteiger partial charge in [-0.2, -0.15) is 0 Å². The van der Waals surface area contributed by atoms with Gasteiger partial charge in [-0.1, -0.05) is 42.0 Å². The van der Waals surface area contributed by atoms with E-state index in [4.69, 9.17) is 0 Å². The standard InChI is InChI=1S/C32H41FN4O4S/c1-24(25-9-5-3-6-10-25)34-30(38)32(26-11-7-4-8-12-26)15-17-36(18-16-32)31(39)37-21-19-35(20-22-37)29-14-13-27(23-28(29)33)42(2,40)41/h3-5,7,9,11,13-14,23-24H,6,8,10,12,15-22H2,1-2H3,(H,34,38)/t24-/m0/s1. The molecule has 1 atom stereocenters. The Kier molecular flexibility index (Phi) is 8.92. The number of likely N-dealkylation sites (tertiary alicyclic amines) is 1. The lowest BCUT2D eigenvalue weighted by Crippen LogP contribution is -2.57. The lowest BCUT2D eigenvalue weighted by atomic mass is 9.69. The summed E-state index contributed by atoms with van der Waals surface area (Å²) in [6.07, 6.45) is 18.5. The van der Waals surface area contributed by atoms with E-state index in [2.05, 4.69) is 42.6 Å². The van der Waals surface area contributed by atoms with Crippen LogP contribution in [0.3, 0.4) is 0 Å². The van der Waals surface area contributed by atoms with Crippen LogP contribution in [-0.2, 0) is 14.6 Å². The highest BCUT2D eigenvalue weighted by molar-refractivity contribution is 7.90. The van der Waals surface area contributed by atoms with Crippen molar-refractivity contribution in [3.8, 4) is 0 Å². The molecule has 2 saturated heterocycles. The molecule has 1 aromatic carbocycles. The number of rotatable bonds is 6. The highest BCUT2D eigenvalue weighted by Gasteiger charge is 2.46. The zero-order chi connectivity index (χ0) is 29.9. The monoisotopic (exact) mass is 596 g/mol. The number of hydrogen-bond donors (Lipinski definition) is 1. The molecule has 42 heavy (non-hydrogen) atoms. The highest BCUT2D eigenvalue weighted by atomic mass is 32.2. The Hall–Kier alpha value is -3.40. The largest absolute Gasteiger partial charge is 0.366 e. The molecular weight excluding hydrogens is 555 g/mol. The number of sulfone groups is 1. The van der Waals surface area contributed by atoms with Gasteiger partial charge < -0.3 is 20.0 Å². The third kappa shape index (κ3) is 6.33. The zero-order valence-electron chi connectivity index (χ0n) is 24.5. The third-order valence-electron chi connectivity index (χ3n) is 9.14. The number of hydrogen-bond acceptors (Lipinski definition) is 5. The fourth-order valence-electron chi connectivity index (χ4n) is 6.50. The highest BCUT2D eigenvalue weighted by Crippen LogP contribution is 2.43. The molecule has 0 unspecified atom stereocenters. The summed E-state index contributed by atoms with van der Waals surface area (Å²) in [6.45, 7) is 4.81. The minimum atomic E-state index is -3.49. The van der Waals surface area contributed by atoms with Gasteiger partial charge in [0.1, 0.15) is 5.82 Å². The van der Waals surface area contributed by atoms with Crippen LogP contribution in [0.15, 0.2) is 70.7 Å². The Labute approximate surface area is 248 Å². The first-order valence-electron chi connectivity index (χ1n) is 14.9. The summed E-state index contributed by atoms with van der Waals surface area (Å²) >= 11 is 0. The van der Waals surface area contributed by atoms with Crippen LogP contribution in [0.5, 0.6) is 0 Å². The van der Waals surface area contributed by atoms with E-state index >= 15 is 0 Å². The molecule has 1 aromatic rings. The molecule has 226 valence electrons. The summed E-state index contributed by atoms with van der Waals surface area (Å²) in [6, 6.07) is 3.88. The zero-order valence-corrected chi connectivity index (χ0v) is 25.3. The van der Waals surface area contributed by atoms with E-state index in [9.17, 15) is 22.4 Å². The Morgan fingerprint density at radius 1 is 0.929 bits per heavy atom. The average molecular weight is 597 g/mol. The van der Waals surface area contributed by atoms with E-state index in [1.54, 1.807) is 4.90 Å². The van der Waals surface area contributed by atoms with Gasteiger partial charge in [0.05, 0.1) is 16.0 Å². The first kappa shape index (κ1) is 30.1. The SMILES string of the molecule is C[C@H](NC(=O)C1(C2=CC=CCC2)CCN(C(=O)N2CCN(c3ccc(S(C)(=O)=O)cc3F)CC2)CC1)C1=CC=CCC1. The van der Waals surface area contributed by atoms with Crippen LogP contribution in [0.4, 0.5) is 14.9 Å². The average Bonchev–Trinajstić information content (AvgIpc) is 3.01. The fourth-order valence-corrected chi connectivity index (χ4v) is 7.13. The molecule has 4 aliphatic rings. The van der Waals surface area contributed by atoms with E-state index < -0.39 is 21.1 Å². The number of anilines is 1. The molecule has 2 aliphatic heterocycles. The van der Waals surface area contributed by atoms with Crippen molar-refractivity contribution >= 4 is 27.5 Å². The van der Waals surface area contributed by atoms with Crippen molar-refractivity contribution in [1.29, 1.82) is 0 Å². The smallest absolute Gasteiger partial charge is 0.320 e. The maximum atomic E-state index is 14.7. The Morgan fingerprint density at radius 3 is 2.14 bits per heavy atom. The predicted molar refractivity (Wildman–Crippen MR) is 162 cm³/mol. The van der Waals surface area contributed by atoms with Gasteiger partial charge in [-0.15, -0.1) is 0 Å².